The van der Waals surface area contributed by atoms with E-state index in [2.05, 4.69) is 15.9 Å². The average Bonchev–Trinajstić information content (AvgIpc) is 2.41. The van der Waals surface area contributed by atoms with E-state index in [-0.39, 0.29) is 22.7 Å². The van der Waals surface area contributed by atoms with Crippen LogP contribution in [0.1, 0.15) is 10.4 Å². The highest BCUT2D eigenvalue weighted by molar-refractivity contribution is 9.10. The zero-order valence-corrected chi connectivity index (χ0v) is 12.2. The van der Waals surface area contributed by atoms with Crippen LogP contribution in [-0.2, 0) is 0 Å². The van der Waals surface area contributed by atoms with Gasteiger partial charge in [0.1, 0.15) is 5.75 Å². The van der Waals surface area contributed by atoms with E-state index in [0.717, 1.165) is 0 Å². The first-order valence-corrected chi connectivity index (χ1v) is 6.55. The summed E-state index contributed by atoms with van der Waals surface area (Å²) in [6.07, 6.45) is 0.594. The fraction of sp³-hybridized carbons (Fsp3) is 0. The standard InChI is InChI=1S/C13H7BrClNO4/c14-9-2-4-12(11(5-9)16(18)19)20-13-6-10(15)3-1-8(13)7-17/h1-7H. The van der Waals surface area contributed by atoms with E-state index in [1.165, 1.54) is 30.3 Å². The fourth-order valence-electron chi connectivity index (χ4n) is 1.53. The quantitative estimate of drug-likeness (QED) is 0.455. The molecule has 5 nitrogen and oxygen atoms in total. The summed E-state index contributed by atoms with van der Waals surface area (Å²) in [6, 6.07) is 8.81. The van der Waals surface area contributed by atoms with Gasteiger partial charge in [-0.2, -0.15) is 0 Å². The number of nitro benzene ring substituents is 1. The molecular formula is C13H7BrClNO4. The van der Waals surface area contributed by atoms with Crippen molar-refractivity contribution in [2.45, 2.75) is 0 Å². The van der Waals surface area contributed by atoms with E-state index in [4.69, 9.17) is 16.3 Å². The van der Waals surface area contributed by atoms with Crippen LogP contribution in [0, 0.1) is 10.1 Å². The number of aldehydes is 1. The van der Waals surface area contributed by atoms with Crippen molar-refractivity contribution in [2.75, 3.05) is 0 Å². The van der Waals surface area contributed by atoms with Crippen molar-refractivity contribution in [3.05, 3.63) is 61.6 Å². The Kier molecular flexibility index (Phi) is 4.36. The molecule has 0 fully saturated rings. The van der Waals surface area contributed by atoms with E-state index < -0.39 is 4.92 Å². The van der Waals surface area contributed by atoms with Crippen molar-refractivity contribution in [3.8, 4) is 11.5 Å². The monoisotopic (exact) mass is 355 g/mol. The molecule has 0 heterocycles. The Balaban J connectivity index is 2.47. The van der Waals surface area contributed by atoms with Crippen LogP contribution < -0.4 is 4.74 Å². The lowest BCUT2D eigenvalue weighted by atomic mass is 10.2. The number of nitro groups is 1. The molecule has 0 bridgehead atoms. The smallest absolute Gasteiger partial charge is 0.312 e. The first-order valence-electron chi connectivity index (χ1n) is 5.38. The molecule has 20 heavy (non-hydrogen) atoms. The second-order valence-electron chi connectivity index (χ2n) is 3.77. The van der Waals surface area contributed by atoms with Gasteiger partial charge in [-0.3, -0.25) is 14.9 Å². The normalized spacial score (nSPS) is 10.1. The maximum Gasteiger partial charge on any atom is 0.312 e. The molecule has 2 aromatic carbocycles. The van der Waals surface area contributed by atoms with Gasteiger partial charge in [-0.05, 0) is 24.3 Å². The molecule has 0 atom stereocenters. The molecule has 0 spiro atoms. The number of nitrogens with zero attached hydrogens (tertiary/aromatic N) is 1. The number of benzene rings is 2. The Bertz CT molecular complexity index is 690. The summed E-state index contributed by atoms with van der Waals surface area (Å²) >= 11 is 8.98. The van der Waals surface area contributed by atoms with Crippen molar-refractivity contribution >= 4 is 39.5 Å². The van der Waals surface area contributed by atoms with Crippen LogP contribution in [0.2, 0.25) is 5.02 Å². The van der Waals surface area contributed by atoms with Crippen LogP contribution in [-0.4, -0.2) is 11.2 Å². The maximum atomic E-state index is 11.0. The van der Waals surface area contributed by atoms with Crippen LogP contribution in [0.4, 0.5) is 5.69 Å². The fourth-order valence-corrected chi connectivity index (χ4v) is 2.04. The number of carbonyl (C=O) groups excluding carboxylic acids is 1. The topological polar surface area (TPSA) is 69.4 Å². The van der Waals surface area contributed by atoms with Gasteiger partial charge in [-0.15, -0.1) is 0 Å². The van der Waals surface area contributed by atoms with Gasteiger partial charge in [0.2, 0.25) is 5.75 Å². The van der Waals surface area contributed by atoms with Crippen molar-refractivity contribution in [2.24, 2.45) is 0 Å². The third kappa shape index (κ3) is 3.15. The van der Waals surface area contributed by atoms with E-state index in [9.17, 15) is 14.9 Å². The summed E-state index contributed by atoms with van der Waals surface area (Å²) in [4.78, 5) is 21.4. The van der Waals surface area contributed by atoms with Gasteiger partial charge in [0.05, 0.1) is 10.5 Å². The highest BCUT2D eigenvalue weighted by Crippen LogP contribution is 2.35. The highest BCUT2D eigenvalue weighted by Gasteiger charge is 2.17. The summed E-state index contributed by atoms with van der Waals surface area (Å²) in [5.74, 6) is 0.196. The minimum Gasteiger partial charge on any atom is -0.449 e. The zero-order chi connectivity index (χ0) is 14.7. The number of ether oxygens (including phenoxy) is 1. The molecule has 2 aromatic rings. The number of carbonyl (C=O) groups is 1. The van der Waals surface area contributed by atoms with Crippen molar-refractivity contribution in [3.63, 3.8) is 0 Å². The first-order chi connectivity index (χ1) is 9.51. The summed E-state index contributed by atoms with van der Waals surface area (Å²) in [6.45, 7) is 0. The van der Waals surface area contributed by atoms with E-state index in [1.807, 2.05) is 0 Å². The zero-order valence-electron chi connectivity index (χ0n) is 9.88. The minimum absolute atomic E-state index is 0.0311. The van der Waals surface area contributed by atoms with Gasteiger partial charge in [0, 0.05) is 21.6 Å². The van der Waals surface area contributed by atoms with Crippen LogP contribution in [0.3, 0.4) is 0 Å². The molecule has 0 aromatic heterocycles. The number of rotatable bonds is 4. The van der Waals surface area contributed by atoms with E-state index in [0.29, 0.717) is 15.8 Å². The molecule has 0 radical (unpaired) electrons. The molecule has 0 unspecified atom stereocenters. The predicted octanol–water partition coefficient (Wildman–Crippen LogP) is 4.62. The summed E-state index contributed by atoms with van der Waals surface area (Å²) in [5, 5.41) is 11.4. The van der Waals surface area contributed by atoms with Gasteiger partial charge in [-0.25, -0.2) is 0 Å². The molecule has 0 aliphatic heterocycles. The Labute approximate surface area is 127 Å². The maximum absolute atomic E-state index is 11.0. The molecule has 7 heteroatoms. The summed E-state index contributed by atoms with van der Waals surface area (Å²) < 4.78 is 6.00. The molecular weight excluding hydrogens is 350 g/mol. The Morgan fingerprint density at radius 3 is 2.60 bits per heavy atom. The molecule has 0 aliphatic carbocycles. The van der Waals surface area contributed by atoms with E-state index in [1.54, 1.807) is 6.07 Å². The van der Waals surface area contributed by atoms with Gasteiger partial charge in [-0.1, -0.05) is 27.5 Å². The average molecular weight is 357 g/mol. The van der Waals surface area contributed by atoms with Crippen molar-refractivity contribution in [1.82, 2.24) is 0 Å². The molecule has 0 saturated heterocycles. The molecule has 102 valence electrons. The lowest BCUT2D eigenvalue weighted by Gasteiger charge is -2.09. The Hall–Kier alpha value is -1.92. The first kappa shape index (κ1) is 14.5. The summed E-state index contributed by atoms with van der Waals surface area (Å²) in [5.41, 5.74) is 0.0443. The predicted molar refractivity (Wildman–Crippen MR) is 77.7 cm³/mol. The molecule has 2 rings (SSSR count). The number of hydrogen-bond donors (Lipinski definition) is 0. The third-order valence-electron chi connectivity index (χ3n) is 2.44. The second-order valence-corrected chi connectivity index (χ2v) is 5.12. The van der Waals surface area contributed by atoms with E-state index >= 15 is 0 Å². The van der Waals surface area contributed by atoms with Gasteiger partial charge < -0.3 is 4.74 Å². The molecule has 0 saturated carbocycles. The molecule has 0 aliphatic rings. The van der Waals surface area contributed by atoms with Crippen molar-refractivity contribution < 1.29 is 14.5 Å². The lowest BCUT2D eigenvalue weighted by Crippen LogP contribution is -1.95. The van der Waals surface area contributed by atoms with Crippen molar-refractivity contribution in [1.29, 1.82) is 0 Å². The molecule has 0 amide bonds. The van der Waals surface area contributed by atoms with Gasteiger partial charge >= 0.3 is 5.69 Å². The molecule has 0 N–H and O–H groups in total. The SMILES string of the molecule is O=Cc1ccc(Cl)cc1Oc1ccc(Br)cc1[N+](=O)[O-]. The number of halogens is 2. The Morgan fingerprint density at radius 1 is 1.20 bits per heavy atom. The highest BCUT2D eigenvalue weighted by atomic mass is 79.9. The third-order valence-corrected chi connectivity index (χ3v) is 3.17. The van der Waals surface area contributed by atoms with Crippen LogP contribution >= 0.6 is 27.5 Å². The number of hydrogen-bond acceptors (Lipinski definition) is 4. The largest absolute Gasteiger partial charge is 0.449 e. The lowest BCUT2D eigenvalue weighted by molar-refractivity contribution is -0.385. The Morgan fingerprint density at radius 2 is 1.95 bits per heavy atom. The van der Waals surface area contributed by atoms with Gasteiger partial charge in [0.25, 0.3) is 0 Å². The summed E-state index contributed by atoms with van der Waals surface area (Å²) in [7, 11) is 0. The second kappa shape index (κ2) is 6.02. The van der Waals surface area contributed by atoms with Gasteiger partial charge in [0.15, 0.2) is 6.29 Å². The van der Waals surface area contributed by atoms with Crippen LogP contribution in [0.25, 0.3) is 0 Å². The minimum atomic E-state index is -0.564. The van der Waals surface area contributed by atoms with Crippen LogP contribution in [0.5, 0.6) is 11.5 Å². The van der Waals surface area contributed by atoms with Crippen LogP contribution in [0.15, 0.2) is 40.9 Å².